The first-order valence-electron chi connectivity index (χ1n) is 12.9. The van der Waals surface area contributed by atoms with Gasteiger partial charge in [0.15, 0.2) is 8.32 Å². The van der Waals surface area contributed by atoms with Crippen LogP contribution in [0.1, 0.15) is 75.4 Å². The number of amides is 1. The van der Waals surface area contributed by atoms with E-state index in [-0.39, 0.29) is 41.6 Å². The number of aliphatic hydroxyl groups excluding tert-OH is 1. The van der Waals surface area contributed by atoms with Gasteiger partial charge in [-0.3, -0.25) is 9.59 Å². The predicted octanol–water partition coefficient (Wildman–Crippen LogP) is 5.87. The Morgan fingerprint density at radius 2 is 1.84 bits per heavy atom. The summed E-state index contributed by atoms with van der Waals surface area (Å²) < 4.78 is 13.6. The van der Waals surface area contributed by atoms with Crippen LogP contribution in [0.15, 0.2) is 41.0 Å². The zero-order valence-electron chi connectivity index (χ0n) is 23.7. The molecule has 2 rings (SSSR count). The van der Waals surface area contributed by atoms with Crippen LogP contribution in [-0.2, 0) is 20.5 Å². The van der Waals surface area contributed by atoms with Gasteiger partial charge < -0.3 is 24.2 Å². The Labute approximate surface area is 236 Å². The lowest BCUT2D eigenvalue weighted by Crippen LogP contribution is -2.45. The Bertz CT molecular complexity index is 1110. The smallest absolute Gasteiger partial charge is 0.308 e. The van der Waals surface area contributed by atoms with E-state index in [4.69, 9.17) is 9.16 Å². The van der Waals surface area contributed by atoms with Gasteiger partial charge in [0, 0.05) is 19.0 Å². The molecule has 0 aliphatic heterocycles. The molecule has 0 spiro atoms. The van der Waals surface area contributed by atoms with E-state index in [0.717, 1.165) is 5.56 Å². The number of esters is 1. The number of methoxy groups -OCH3 is 1. The molecule has 1 aromatic carbocycles. The number of carbonyl (C=O) groups excluding carboxylic acids is 2. The number of aliphatic hydroxyl groups is 1. The predicted molar refractivity (Wildman–Crippen MR) is 156 cm³/mol. The number of aromatic nitrogens is 2. The van der Waals surface area contributed by atoms with Gasteiger partial charge in [0.05, 0.1) is 31.4 Å². The molecule has 0 bridgehead atoms. The second kappa shape index (κ2) is 13.7. The van der Waals surface area contributed by atoms with E-state index < -0.39 is 20.5 Å². The quantitative estimate of drug-likeness (QED) is 0.231. The minimum Gasteiger partial charge on any atom is -0.469 e. The number of hydrogen-bond donors (Lipinski definition) is 2. The number of halogens is 1. The van der Waals surface area contributed by atoms with Crippen molar-refractivity contribution in [1.82, 2.24) is 14.9 Å². The average molecular weight is 609 g/mol. The van der Waals surface area contributed by atoms with Crippen LogP contribution in [0.5, 0.6) is 0 Å². The summed E-state index contributed by atoms with van der Waals surface area (Å²) in [5, 5.41) is 13.8. The van der Waals surface area contributed by atoms with Crippen molar-refractivity contribution in [2.24, 2.45) is 0 Å². The molecule has 0 saturated carbocycles. The zero-order chi connectivity index (χ0) is 28.7. The molecular formula is C28H42BrN3O5Si. The monoisotopic (exact) mass is 607 g/mol. The minimum atomic E-state index is -2.18. The lowest BCUT2D eigenvalue weighted by atomic mass is 10.1. The molecule has 8 nitrogen and oxygen atoms in total. The molecule has 1 aromatic heterocycles. The molecular weight excluding hydrogens is 566 g/mol. The molecule has 0 unspecified atom stereocenters. The van der Waals surface area contributed by atoms with Crippen molar-refractivity contribution in [1.29, 1.82) is 0 Å². The lowest BCUT2D eigenvalue weighted by Gasteiger charge is -2.39. The summed E-state index contributed by atoms with van der Waals surface area (Å²) in [5.74, 6) is -0.386. The average Bonchev–Trinajstić information content (AvgIpc) is 3.17. The normalized spacial score (nSPS) is 14.1. The second-order valence-electron chi connectivity index (χ2n) is 11.2. The Morgan fingerprint density at radius 3 is 2.39 bits per heavy atom. The van der Waals surface area contributed by atoms with Crippen molar-refractivity contribution in [2.75, 3.05) is 7.11 Å². The third-order valence-corrected chi connectivity index (χ3v) is 11.9. The summed E-state index contributed by atoms with van der Waals surface area (Å²) in [6, 6.07) is 9.62. The molecule has 1 heterocycles. The van der Waals surface area contributed by atoms with E-state index in [2.05, 4.69) is 60.1 Å². The summed E-state index contributed by atoms with van der Waals surface area (Å²) in [6.45, 7) is 14.9. The molecule has 0 aliphatic rings. The first kappa shape index (κ1) is 31.9. The molecule has 2 atom stereocenters. The van der Waals surface area contributed by atoms with E-state index in [9.17, 15) is 14.7 Å². The van der Waals surface area contributed by atoms with Crippen LogP contribution < -0.4 is 5.32 Å². The van der Waals surface area contributed by atoms with Gasteiger partial charge in [-0.15, -0.1) is 0 Å². The summed E-state index contributed by atoms with van der Waals surface area (Å²) in [7, 11) is -0.838. The van der Waals surface area contributed by atoms with Crippen LogP contribution in [0.25, 0.3) is 6.08 Å². The Hall–Kier alpha value is -2.27. The molecule has 0 aliphatic carbocycles. The number of ether oxygens (including phenoxy) is 1. The van der Waals surface area contributed by atoms with Gasteiger partial charge in [0.2, 0.25) is 5.82 Å². The van der Waals surface area contributed by atoms with Gasteiger partial charge in [0.1, 0.15) is 4.60 Å². The first-order chi connectivity index (χ1) is 17.7. The highest BCUT2D eigenvalue weighted by Gasteiger charge is 2.40. The maximum atomic E-state index is 13.0. The largest absolute Gasteiger partial charge is 0.469 e. The van der Waals surface area contributed by atoms with Crippen molar-refractivity contribution >= 4 is 42.2 Å². The van der Waals surface area contributed by atoms with Crippen molar-refractivity contribution in [3.05, 3.63) is 58.1 Å². The third-order valence-electron chi connectivity index (χ3n) is 6.79. The van der Waals surface area contributed by atoms with E-state index in [1.54, 1.807) is 12.2 Å². The van der Waals surface area contributed by atoms with Crippen molar-refractivity contribution < 1.29 is 23.9 Å². The van der Waals surface area contributed by atoms with Gasteiger partial charge in [-0.1, -0.05) is 57.2 Å². The van der Waals surface area contributed by atoms with Gasteiger partial charge in [0.25, 0.3) is 5.91 Å². The van der Waals surface area contributed by atoms with Crippen LogP contribution in [0.4, 0.5) is 0 Å². The second-order valence-corrected chi connectivity index (χ2v) is 16.7. The van der Waals surface area contributed by atoms with Gasteiger partial charge in [-0.25, -0.2) is 4.98 Å². The molecule has 10 heteroatoms. The summed E-state index contributed by atoms with van der Waals surface area (Å²) >= 11 is 3.48. The SMILES string of the molecule is COC(=O)C[C@@H](C[C@@H](O)C=Cc1c(Br)nc(C(=O)NCc2ccccc2)n1C(C)C)O[Si](C)(C)C(C)(C)C. The number of hydrogen-bond acceptors (Lipinski definition) is 6. The molecule has 0 saturated heterocycles. The minimum absolute atomic E-state index is 0.0473. The molecule has 38 heavy (non-hydrogen) atoms. The highest BCUT2D eigenvalue weighted by Crippen LogP contribution is 2.38. The highest BCUT2D eigenvalue weighted by atomic mass is 79.9. The van der Waals surface area contributed by atoms with E-state index in [1.165, 1.54) is 7.11 Å². The van der Waals surface area contributed by atoms with Gasteiger partial charge in [-0.2, -0.15) is 0 Å². The van der Waals surface area contributed by atoms with E-state index in [0.29, 0.717) is 16.8 Å². The van der Waals surface area contributed by atoms with Crippen LogP contribution in [0.3, 0.4) is 0 Å². The molecule has 2 aromatic rings. The fourth-order valence-corrected chi connectivity index (χ4v) is 5.55. The molecule has 0 radical (unpaired) electrons. The standard InChI is InChI=1S/C28H42BrN3O5Si/c1-19(2)32-23(25(29)31-26(32)27(35)30-18-20-12-10-9-11-13-20)15-14-21(33)16-22(17-24(34)36-6)37-38(7,8)28(3,4)5/h9-15,19,21-22,33H,16-18H2,1-8H3,(H,30,35)/t21-,22+/m0/s1. The Balaban J connectivity index is 2.22. The first-order valence-corrected chi connectivity index (χ1v) is 16.6. The molecule has 2 N–H and O–H groups in total. The summed E-state index contributed by atoms with van der Waals surface area (Å²) in [4.78, 5) is 29.5. The number of imidazole rings is 1. The maximum absolute atomic E-state index is 13.0. The topological polar surface area (TPSA) is 103 Å². The molecule has 1 amide bonds. The Kier molecular flexibility index (Phi) is 11.5. The fraction of sp³-hybridized carbons (Fsp3) is 0.536. The van der Waals surface area contributed by atoms with Crippen LogP contribution in [0, 0.1) is 0 Å². The zero-order valence-corrected chi connectivity index (χ0v) is 26.3. The number of rotatable bonds is 12. The summed E-state index contributed by atoms with van der Waals surface area (Å²) in [6.07, 6.45) is 2.32. The van der Waals surface area contributed by atoms with Crippen LogP contribution >= 0.6 is 15.9 Å². The van der Waals surface area contributed by atoms with Crippen molar-refractivity contribution in [2.45, 2.75) is 90.4 Å². The maximum Gasteiger partial charge on any atom is 0.308 e. The highest BCUT2D eigenvalue weighted by molar-refractivity contribution is 9.10. The Morgan fingerprint density at radius 1 is 1.21 bits per heavy atom. The number of nitrogens with one attached hydrogen (secondary N) is 1. The molecule has 210 valence electrons. The van der Waals surface area contributed by atoms with Crippen molar-refractivity contribution in [3.8, 4) is 0 Å². The molecule has 0 fully saturated rings. The van der Waals surface area contributed by atoms with Crippen molar-refractivity contribution in [3.63, 3.8) is 0 Å². The van der Waals surface area contributed by atoms with Gasteiger partial charge >= 0.3 is 5.97 Å². The van der Waals surface area contributed by atoms with E-state index >= 15 is 0 Å². The summed E-state index contributed by atoms with van der Waals surface area (Å²) in [5.41, 5.74) is 1.66. The number of carbonyl (C=O) groups is 2. The third kappa shape index (κ3) is 8.89. The van der Waals surface area contributed by atoms with Crippen LogP contribution in [-0.4, -0.2) is 54.2 Å². The van der Waals surface area contributed by atoms with Gasteiger partial charge in [-0.05, 0) is 59.5 Å². The van der Waals surface area contributed by atoms with E-state index in [1.807, 2.05) is 48.7 Å². The lowest BCUT2D eigenvalue weighted by molar-refractivity contribution is -0.142. The fourth-order valence-electron chi connectivity index (χ4n) is 3.69. The number of benzene rings is 1. The van der Waals surface area contributed by atoms with Crippen LogP contribution in [0.2, 0.25) is 18.1 Å². The number of nitrogens with zero attached hydrogens (tertiary/aromatic N) is 2.